The Morgan fingerprint density at radius 1 is 0.353 bits per heavy atom. The summed E-state index contributed by atoms with van der Waals surface area (Å²) in [6.45, 7) is 0. The highest BCUT2D eigenvalue weighted by molar-refractivity contribution is 6.29. The van der Waals surface area contributed by atoms with E-state index in [0.29, 0.717) is 5.56 Å². The van der Waals surface area contributed by atoms with Crippen LogP contribution in [0.5, 0.6) is 0 Å². The Bertz CT molecular complexity index is 3400. The minimum absolute atomic E-state index is 0.196. The molecule has 0 aliphatic heterocycles. The number of hydrogen-bond acceptors (Lipinski definition) is 1. The fraction of sp³-hybridized carbons (Fsp3) is 0. The van der Waals surface area contributed by atoms with Crippen LogP contribution >= 0.6 is 0 Å². The quantitative estimate of drug-likeness (QED) is 0.137. The monoisotopic (exact) mass is 651 g/mol. The Morgan fingerprint density at radius 2 is 0.902 bits per heavy atom. The van der Waals surface area contributed by atoms with Gasteiger partial charge in [-0.2, -0.15) is 0 Å². The van der Waals surface area contributed by atoms with E-state index in [-0.39, 0.29) is 29.7 Å². The van der Waals surface area contributed by atoms with Gasteiger partial charge in [-0.1, -0.05) is 170 Å². The average Bonchev–Trinajstić information content (AvgIpc) is 3.64. The Kier molecular flexibility index (Phi) is 5.05. The summed E-state index contributed by atoms with van der Waals surface area (Å²) < 4.78 is 49.9. The molecule has 0 saturated heterocycles. The third-order valence-electron chi connectivity index (χ3n) is 10.5. The largest absolute Gasteiger partial charge is 0.455 e. The topological polar surface area (TPSA) is 13.1 Å². The number of fused-ring (bicyclic) bond motifs is 10. The molecule has 0 aliphatic rings. The van der Waals surface area contributed by atoms with Gasteiger partial charge < -0.3 is 4.42 Å². The summed E-state index contributed by atoms with van der Waals surface area (Å²) in [6, 6.07) is 51.0. The highest BCUT2D eigenvalue weighted by Crippen LogP contribution is 2.49. The Balaban J connectivity index is 1.27. The van der Waals surface area contributed by atoms with Gasteiger partial charge in [-0.05, 0) is 94.0 Å². The van der Waals surface area contributed by atoms with Gasteiger partial charge in [-0.3, -0.25) is 0 Å². The second-order valence-electron chi connectivity index (χ2n) is 13.2. The predicted octanol–water partition coefficient (Wildman–Crippen LogP) is 14.4. The second-order valence-corrected chi connectivity index (χ2v) is 13.2. The molecule has 0 amide bonds. The van der Waals surface area contributed by atoms with Crippen molar-refractivity contribution in [3.63, 3.8) is 0 Å². The molecule has 0 N–H and O–H groups in total. The standard InChI is InChI=1S/C50H30O/c1-2-13-31(14-3-1)35-29-30-42(41-27-25-32-15-4-6-17-34(32)46(35)41)47-37-19-8-10-21-39(37)48(40-22-11-9-20-38(40)47)43-23-12-24-45-49(43)44-28-26-33-16-5-7-18-36(33)50(44)51-45/h1-30H/i1D,2D,3D,13D,14D. The second kappa shape index (κ2) is 10.9. The molecule has 1 heteroatoms. The van der Waals surface area contributed by atoms with Gasteiger partial charge in [0, 0.05) is 16.2 Å². The van der Waals surface area contributed by atoms with Crippen LogP contribution in [-0.4, -0.2) is 0 Å². The highest BCUT2D eigenvalue weighted by atomic mass is 16.3. The zero-order chi connectivity index (χ0) is 37.8. The maximum Gasteiger partial charge on any atom is 0.143 e. The lowest BCUT2D eigenvalue weighted by Gasteiger charge is -2.20. The predicted molar refractivity (Wildman–Crippen MR) is 218 cm³/mol. The van der Waals surface area contributed by atoms with E-state index in [1.165, 1.54) is 0 Å². The molecule has 236 valence electrons. The molecule has 11 aromatic rings. The number of benzene rings is 10. The Labute approximate surface area is 301 Å². The molecule has 0 unspecified atom stereocenters. The van der Waals surface area contributed by atoms with E-state index in [4.69, 9.17) is 11.3 Å². The smallest absolute Gasteiger partial charge is 0.143 e. The number of hydrogen-bond donors (Lipinski definition) is 0. The van der Waals surface area contributed by atoms with Crippen LogP contribution in [0.3, 0.4) is 0 Å². The van der Waals surface area contributed by atoms with Crippen LogP contribution in [0.1, 0.15) is 6.85 Å². The molecule has 0 radical (unpaired) electrons. The Hall–Kier alpha value is -6.70. The van der Waals surface area contributed by atoms with E-state index in [0.717, 1.165) is 98.1 Å². The van der Waals surface area contributed by atoms with Gasteiger partial charge in [0.15, 0.2) is 0 Å². The van der Waals surface area contributed by atoms with Gasteiger partial charge in [0.1, 0.15) is 11.2 Å². The summed E-state index contributed by atoms with van der Waals surface area (Å²) in [7, 11) is 0. The minimum atomic E-state index is -0.403. The SMILES string of the molecule is [2H]c1c([2H])c([2H])c(-c2ccc(-c3c4ccccc4c(-c4cccc5oc6c7ccccc7ccc6c45)c4ccccc34)c3ccc4ccccc4c23)c([2H])c1[2H]. The van der Waals surface area contributed by atoms with Crippen molar-refractivity contribution in [2.75, 3.05) is 0 Å². The lowest BCUT2D eigenvalue weighted by atomic mass is 9.82. The van der Waals surface area contributed by atoms with Gasteiger partial charge in [0.2, 0.25) is 0 Å². The van der Waals surface area contributed by atoms with Crippen molar-refractivity contribution < 1.29 is 11.3 Å². The average molecular weight is 652 g/mol. The zero-order valence-corrected chi connectivity index (χ0v) is 27.3. The van der Waals surface area contributed by atoms with E-state index in [1.54, 1.807) is 0 Å². The van der Waals surface area contributed by atoms with Crippen molar-refractivity contribution >= 4 is 75.8 Å². The first-order valence-electron chi connectivity index (χ1n) is 19.7. The van der Waals surface area contributed by atoms with Crippen LogP contribution in [0.15, 0.2) is 186 Å². The van der Waals surface area contributed by atoms with Crippen LogP contribution in [-0.2, 0) is 0 Å². The van der Waals surface area contributed by atoms with Crippen molar-refractivity contribution in [1.82, 2.24) is 0 Å². The van der Waals surface area contributed by atoms with Crippen molar-refractivity contribution in [2.24, 2.45) is 0 Å². The summed E-state index contributed by atoms with van der Waals surface area (Å²) in [5, 5.41) is 12.5. The lowest BCUT2D eigenvalue weighted by molar-refractivity contribution is 0.673. The third-order valence-corrected chi connectivity index (χ3v) is 10.5. The van der Waals surface area contributed by atoms with Gasteiger partial charge in [-0.15, -0.1) is 0 Å². The molecule has 0 spiro atoms. The van der Waals surface area contributed by atoms with E-state index in [2.05, 4.69) is 133 Å². The number of furan rings is 1. The van der Waals surface area contributed by atoms with E-state index in [1.807, 2.05) is 18.2 Å². The Morgan fingerprint density at radius 3 is 1.59 bits per heavy atom. The number of rotatable bonds is 3. The maximum atomic E-state index is 8.95. The summed E-state index contributed by atoms with van der Waals surface area (Å²) in [6.07, 6.45) is 0. The zero-order valence-electron chi connectivity index (χ0n) is 32.3. The molecular weight excluding hydrogens is 617 g/mol. The minimum Gasteiger partial charge on any atom is -0.455 e. The fourth-order valence-corrected chi connectivity index (χ4v) is 8.41. The molecular formula is C50H30O. The maximum absolute atomic E-state index is 8.95. The van der Waals surface area contributed by atoms with Crippen LogP contribution < -0.4 is 0 Å². The normalized spacial score (nSPS) is 13.3. The van der Waals surface area contributed by atoms with Crippen LogP contribution in [0.25, 0.3) is 109 Å². The summed E-state index contributed by atoms with van der Waals surface area (Å²) >= 11 is 0. The molecule has 0 atom stereocenters. The van der Waals surface area contributed by atoms with E-state index in [9.17, 15) is 0 Å². The molecule has 51 heavy (non-hydrogen) atoms. The third kappa shape index (κ3) is 4.09. The summed E-state index contributed by atoms with van der Waals surface area (Å²) in [5.74, 6) is 0. The van der Waals surface area contributed by atoms with Crippen LogP contribution in [0.4, 0.5) is 0 Å². The molecule has 0 bridgehead atoms. The lowest BCUT2D eigenvalue weighted by Crippen LogP contribution is -1.93. The first kappa shape index (κ1) is 23.6. The van der Waals surface area contributed by atoms with Crippen LogP contribution in [0.2, 0.25) is 0 Å². The van der Waals surface area contributed by atoms with Gasteiger partial charge in [0.25, 0.3) is 0 Å². The molecule has 0 saturated carbocycles. The van der Waals surface area contributed by atoms with Crippen molar-refractivity contribution in [2.45, 2.75) is 0 Å². The molecule has 1 heterocycles. The van der Waals surface area contributed by atoms with Gasteiger partial charge >= 0.3 is 0 Å². The van der Waals surface area contributed by atoms with Crippen LogP contribution in [0, 0.1) is 0 Å². The molecule has 1 aromatic heterocycles. The molecule has 0 fully saturated rings. The van der Waals surface area contributed by atoms with Crippen molar-refractivity contribution in [1.29, 1.82) is 0 Å². The van der Waals surface area contributed by atoms with Crippen molar-refractivity contribution in [3.8, 4) is 33.4 Å². The fourth-order valence-electron chi connectivity index (χ4n) is 8.41. The highest BCUT2D eigenvalue weighted by Gasteiger charge is 2.22. The molecule has 11 rings (SSSR count). The summed E-state index contributed by atoms with van der Waals surface area (Å²) in [5.41, 5.74) is 6.83. The molecule has 10 aromatic carbocycles. The molecule has 0 aliphatic carbocycles. The summed E-state index contributed by atoms with van der Waals surface area (Å²) in [4.78, 5) is 0. The van der Waals surface area contributed by atoms with E-state index < -0.39 is 6.04 Å². The van der Waals surface area contributed by atoms with E-state index >= 15 is 0 Å². The first-order chi connectivity index (χ1) is 27.4. The van der Waals surface area contributed by atoms with Gasteiger partial charge in [-0.25, -0.2) is 0 Å². The first-order valence-corrected chi connectivity index (χ1v) is 17.2. The van der Waals surface area contributed by atoms with Crippen molar-refractivity contribution in [3.05, 3.63) is 182 Å². The van der Waals surface area contributed by atoms with Gasteiger partial charge in [0.05, 0.1) is 6.85 Å². The molecule has 1 nitrogen and oxygen atoms in total.